The molecule has 5 nitrogen and oxygen atoms in total. The number of nitro groups is 1. The topological polar surface area (TPSA) is 73.1 Å². The van der Waals surface area contributed by atoms with Gasteiger partial charge in [-0.05, 0) is 6.07 Å². The third-order valence-corrected chi connectivity index (χ3v) is 8.65. The summed E-state index contributed by atoms with van der Waals surface area (Å²) in [5.74, 6) is 0. The minimum atomic E-state index is -3.15. The zero-order valence-corrected chi connectivity index (χ0v) is 15.2. The number of benzene rings is 3. The van der Waals surface area contributed by atoms with Crippen LogP contribution in [0.2, 0.25) is 0 Å². The van der Waals surface area contributed by atoms with Crippen LogP contribution in [-0.4, -0.2) is 9.91 Å². The number of hydrogen-bond donors (Lipinski definition) is 0. The van der Waals surface area contributed by atoms with Crippen LogP contribution in [0.5, 0.6) is 0 Å². The molecule has 0 unspecified atom stereocenters. The molecule has 4 aromatic rings. The molecular formula is C19H13N2O3PS. The van der Waals surface area contributed by atoms with E-state index in [1.165, 1.54) is 23.5 Å². The smallest absolute Gasteiger partial charge is 0.271 e. The van der Waals surface area contributed by atoms with Gasteiger partial charge in [-0.15, -0.1) is 11.3 Å². The number of aromatic nitrogens is 1. The lowest BCUT2D eigenvalue weighted by Gasteiger charge is -2.16. The molecule has 128 valence electrons. The molecule has 0 amide bonds. The Hall–Kier alpha value is -2.82. The Kier molecular flexibility index (Phi) is 4.15. The van der Waals surface area contributed by atoms with Crippen LogP contribution < -0.4 is 15.4 Å². The van der Waals surface area contributed by atoms with Crippen molar-refractivity contribution in [1.82, 2.24) is 4.98 Å². The first-order valence-electron chi connectivity index (χ1n) is 7.86. The number of nitro benzene ring substituents is 1. The van der Waals surface area contributed by atoms with Crippen molar-refractivity contribution in [3.8, 4) is 0 Å². The summed E-state index contributed by atoms with van der Waals surface area (Å²) in [5, 5.41) is 12.4. The SMILES string of the molecule is O=[N+]([O-])c1ccc2sc(P(=O)(c3ccccc3)c3ccccc3)nc2c1. The second kappa shape index (κ2) is 6.48. The van der Waals surface area contributed by atoms with E-state index in [0.29, 0.717) is 20.9 Å². The zero-order chi connectivity index (χ0) is 18.1. The highest BCUT2D eigenvalue weighted by Gasteiger charge is 2.33. The fraction of sp³-hybridized carbons (Fsp3) is 0. The molecule has 1 heterocycles. The van der Waals surface area contributed by atoms with Gasteiger partial charge in [-0.1, -0.05) is 60.7 Å². The quantitative estimate of drug-likeness (QED) is 0.306. The molecule has 0 radical (unpaired) electrons. The molecule has 0 saturated heterocycles. The fourth-order valence-corrected chi connectivity index (χ4v) is 7.10. The molecule has 0 N–H and O–H groups in total. The Morgan fingerprint density at radius 2 is 1.46 bits per heavy atom. The molecule has 7 heteroatoms. The van der Waals surface area contributed by atoms with Crippen LogP contribution in [0.1, 0.15) is 0 Å². The van der Waals surface area contributed by atoms with Gasteiger partial charge in [-0.2, -0.15) is 0 Å². The van der Waals surface area contributed by atoms with Gasteiger partial charge in [-0.3, -0.25) is 10.1 Å². The van der Waals surface area contributed by atoms with E-state index >= 15 is 0 Å². The van der Waals surface area contributed by atoms with Crippen LogP contribution in [0.3, 0.4) is 0 Å². The third-order valence-electron chi connectivity index (χ3n) is 4.08. The lowest BCUT2D eigenvalue weighted by Crippen LogP contribution is -2.24. The van der Waals surface area contributed by atoms with E-state index in [1.54, 1.807) is 6.07 Å². The van der Waals surface area contributed by atoms with E-state index in [4.69, 9.17) is 0 Å². The number of nitrogens with zero attached hydrogens (tertiary/aromatic N) is 2. The summed E-state index contributed by atoms with van der Waals surface area (Å²) < 4.78 is 15.5. The van der Waals surface area contributed by atoms with Crippen molar-refractivity contribution in [1.29, 1.82) is 0 Å². The van der Waals surface area contributed by atoms with E-state index in [-0.39, 0.29) is 5.69 Å². The van der Waals surface area contributed by atoms with E-state index in [1.807, 2.05) is 60.7 Å². The van der Waals surface area contributed by atoms with Crippen molar-refractivity contribution < 1.29 is 9.49 Å². The Balaban J connectivity index is 1.97. The Morgan fingerprint density at radius 1 is 0.885 bits per heavy atom. The highest BCUT2D eigenvalue weighted by molar-refractivity contribution is 7.89. The predicted octanol–water partition coefficient (Wildman–Crippen LogP) is 3.84. The molecule has 0 aliphatic carbocycles. The van der Waals surface area contributed by atoms with Gasteiger partial charge < -0.3 is 4.57 Å². The summed E-state index contributed by atoms with van der Waals surface area (Å²) >= 11 is 1.32. The first kappa shape index (κ1) is 16.6. The minimum Gasteiger partial charge on any atom is -0.306 e. The molecule has 0 spiro atoms. The number of thiazole rings is 1. The van der Waals surface area contributed by atoms with Crippen LogP contribution in [0.25, 0.3) is 10.2 Å². The Labute approximate surface area is 153 Å². The largest absolute Gasteiger partial charge is 0.306 e. The summed E-state index contributed by atoms with van der Waals surface area (Å²) in [7, 11) is -3.15. The lowest BCUT2D eigenvalue weighted by atomic mass is 10.3. The monoisotopic (exact) mass is 380 g/mol. The molecular weight excluding hydrogens is 367 g/mol. The minimum absolute atomic E-state index is 0.0244. The fourth-order valence-electron chi connectivity index (χ4n) is 2.80. The maximum atomic E-state index is 14.2. The van der Waals surface area contributed by atoms with Crippen LogP contribution in [0.4, 0.5) is 5.69 Å². The lowest BCUT2D eigenvalue weighted by molar-refractivity contribution is -0.384. The molecule has 0 atom stereocenters. The van der Waals surface area contributed by atoms with Gasteiger partial charge in [0.2, 0.25) is 0 Å². The van der Waals surface area contributed by atoms with Crippen LogP contribution >= 0.6 is 18.5 Å². The molecule has 0 aliphatic rings. The van der Waals surface area contributed by atoms with Crippen LogP contribution in [0.15, 0.2) is 78.9 Å². The van der Waals surface area contributed by atoms with Crippen molar-refractivity contribution in [2.24, 2.45) is 0 Å². The normalized spacial score (nSPS) is 11.5. The molecule has 3 aromatic carbocycles. The maximum absolute atomic E-state index is 14.2. The number of hydrogen-bond acceptors (Lipinski definition) is 5. The van der Waals surface area contributed by atoms with Gasteiger partial charge in [0, 0.05) is 22.7 Å². The summed E-state index contributed by atoms with van der Waals surface area (Å²) in [5.41, 5.74) is 0.467. The van der Waals surface area contributed by atoms with Gasteiger partial charge in [0.05, 0.1) is 15.1 Å². The van der Waals surface area contributed by atoms with Crippen molar-refractivity contribution in [3.63, 3.8) is 0 Å². The second-order valence-corrected chi connectivity index (χ2v) is 9.69. The molecule has 26 heavy (non-hydrogen) atoms. The van der Waals surface area contributed by atoms with Gasteiger partial charge in [-0.25, -0.2) is 4.98 Å². The third kappa shape index (κ3) is 2.73. The number of fused-ring (bicyclic) bond motifs is 1. The van der Waals surface area contributed by atoms with Gasteiger partial charge in [0.15, 0.2) is 11.9 Å². The first-order chi connectivity index (χ1) is 12.6. The Morgan fingerprint density at radius 3 is 2.00 bits per heavy atom. The van der Waals surface area contributed by atoms with E-state index in [2.05, 4.69) is 4.98 Å². The van der Waals surface area contributed by atoms with Crippen LogP contribution in [-0.2, 0) is 4.57 Å². The van der Waals surface area contributed by atoms with Crippen molar-refractivity contribution in [3.05, 3.63) is 89.0 Å². The summed E-state index contributed by atoms with van der Waals surface area (Å²) in [6.45, 7) is 0. The van der Waals surface area contributed by atoms with Crippen molar-refractivity contribution in [2.45, 2.75) is 0 Å². The molecule has 0 aliphatic heterocycles. The summed E-state index contributed by atoms with van der Waals surface area (Å²) in [4.78, 5) is 15.1. The van der Waals surface area contributed by atoms with Crippen LogP contribution in [0, 0.1) is 10.1 Å². The van der Waals surface area contributed by atoms with E-state index in [9.17, 15) is 14.7 Å². The van der Waals surface area contributed by atoms with Gasteiger partial charge in [0.25, 0.3) is 5.69 Å². The molecule has 1 aromatic heterocycles. The molecule has 4 rings (SSSR count). The highest BCUT2D eigenvalue weighted by Crippen LogP contribution is 2.44. The average molecular weight is 380 g/mol. The van der Waals surface area contributed by atoms with E-state index < -0.39 is 12.1 Å². The zero-order valence-electron chi connectivity index (χ0n) is 13.5. The number of rotatable bonds is 4. The predicted molar refractivity (Wildman–Crippen MR) is 106 cm³/mol. The van der Waals surface area contributed by atoms with E-state index in [0.717, 1.165) is 4.70 Å². The second-order valence-electron chi connectivity index (χ2n) is 5.69. The summed E-state index contributed by atoms with van der Waals surface area (Å²) in [6, 6.07) is 23.0. The first-order valence-corrected chi connectivity index (χ1v) is 10.4. The number of non-ortho nitro benzene ring substituents is 1. The van der Waals surface area contributed by atoms with Crippen molar-refractivity contribution >= 4 is 49.7 Å². The van der Waals surface area contributed by atoms with Gasteiger partial charge >= 0.3 is 0 Å². The standard InChI is InChI=1S/C19H13N2O3PS/c22-21(23)14-11-12-18-17(13-14)20-19(26-18)25(24,15-7-3-1-4-8-15)16-9-5-2-6-10-16/h1-13H. The van der Waals surface area contributed by atoms with Gasteiger partial charge in [0.1, 0.15) is 0 Å². The summed E-state index contributed by atoms with van der Waals surface area (Å²) in [6.07, 6.45) is 0. The maximum Gasteiger partial charge on any atom is 0.271 e. The molecule has 0 fully saturated rings. The average Bonchev–Trinajstić information content (AvgIpc) is 3.12. The Bertz CT molecular complexity index is 1100. The van der Waals surface area contributed by atoms with Crippen molar-refractivity contribution in [2.75, 3.05) is 0 Å². The molecule has 0 saturated carbocycles. The highest BCUT2D eigenvalue weighted by atomic mass is 32.1. The molecule has 0 bridgehead atoms.